The molecule has 0 spiro atoms. The topological polar surface area (TPSA) is 46.5 Å². The van der Waals surface area contributed by atoms with E-state index in [-0.39, 0.29) is 17.2 Å². The lowest BCUT2D eigenvalue weighted by Crippen LogP contribution is -2.41. The van der Waals surface area contributed by atoms with E-state index < -0.39 is 14.3 Å². The first kappa shape index (κ1) is 15.1. The Morgan fingerprint density at radius 3 is 2.25 bits per heavy atom. The Morgan fingerprint density at radius 2 is 1.94 bits per heavy atom. The van der Waals surface area contributed by atoms with Crippen LogP contribution in [0.3, 0.4) is 0 Å². The lowest BCUT2D eigenvalue weighted by atomic mass is 10.2. The van der Waals surface area contributed by atoms with Crippen LogP contribution in [-0.4, -0.2) is 26.0 Å². The summed E-state index contributed by atoms with van der Waals surface area (Å²) in [5, 5.41) is 9.01. The highest BCUT2D eigenvalue weighted by Gasteiger charge is 2.37. The number of carboxylic acid groups (broad SMARTS) is 1. The van der Waals surface area contributed by atoms with Gasteiger partial charge in [0.2, 0.25) is 0 Å². The van der Waals surface area contributed by atoms with E-state index in [0.717, 1.165) is 0 Å². The van der Waals surface area contributed by atoms with E-state index in [1.54, 1.807) is 0 Å². The second kappa shape index (κ2) is 5.45. The number of carboxylic acids is 1. The summed E-state index contributed by atoms with van der Waals surface area (Å²) in [6, 6.07) is 0. The van der Waals surface area contributed by atoms with Crippen LogP contribution in [0.5, 0.6) is 0 Å². The van der Waals surface area contributed by atoms with Gasteiger partial charge in [0.15, 0.2) is 8.32 Å². The standard InChI is InChI=1S/C12H22O3Si/c1-7-8-10(11(13)14)9-15-16(5,6)12(2,3)4/h7-8H,1,9H2,2-6H3,(H,13,14)/b10-8+. The van der Waals surface area contributed by atoms with E-state index in [0.29, 0.717) is 0 Å². The van der Waals surface area contributed by atoms with E-state index in [1.165, 1.54) is 12.2 Å². The molecule has 0 saturated heterocycles. The number of allylic oxidation sites excluding steroid dienone is 2. The van der Waals surface area contributed by atoms with E-state index in [4.69, 9.17) is 9.53 Å². The summed E-state index contributed by atoms with van der Waals surface area (Å²) in [5.41, 5.74) is 0.250. The molecule has 0 saturated carbocycles. The van der Waals surface area contributed by atoms with Gasteiger partial charge in [0.05, 0.1) is 12.2 Å². The maximum atomic E-state index is 10.9. The van der Waals surface area contributed by atoms with Crippen molar-refractivity contribution in [1.29, 1.82) is 0 Å². The predicted octanol–water partition coefficient (Wildman–Crippen LogP) is 3.21. The van der Waals surface area contributed by atoms with Crippen molar-refractivity contribution in [1.82, 2.24) is 0 Å². The molecule has 0 aromatic rings. The Hall–Kier alpha value is -0.873. The van der Waals surface area contributed by atoms with Gasteiger partial charge in [0.1, 0.15) is 0 Å². The van der Waals surface area contributed by atoms with Gasteiger partial charge in [0.25, 0.3) is 0 Å². The third-order valence-corrected chi connectivity index (χ3v) is 7.47. The Balaban J connectivity index is 4.61. The number of aliphatic carboxylic acids is 1. The summed E-state index contributed by atoms with van der Waals surface area (Å²) < 4.78 is 5.81. The molecule has 0 atom stereocenters. The molecule has 0 aromatic heterocycles. The van der Waals surface area contributed by atoms with Gasteiger partial charge in [-0.05, 0) is 18.1 Å². The largest absolute Gasteiger partial charge is 0.478 e. The van der Waals surface area contributed by atoms with Crippen molar-refractivity contribution >= 4 is 14.3 Å². The second-order valence-corrected chi connectivity index (χ2v) is 10.1. The smallest absolute Gasteiger partial charge is 0.333 e. The van der Waals surface area contributed by atoms with E-state index in [9.17, 15) is 4.79 Å². The highest BCUT2D eigenvalue weighted by molar-refractivity contribution is 6.74. The van der Waals surface area contributed by atoms with Crippen LogP contribution < -0.4 is 0 Å². The van der Waals surface area contributed by atoms with Gasteiger partial charge < -0.3 is 9.53 Å². The average Bonchev–Trinajstić information content (AvgIpc) is 2.09. The highest BCUT2D eigenvalue weighted by Crippen LogP contribution is 2.36. The van der Waals surface area contributed by atoms with Crippen LogP contribution in [0.25, 0.3) is 0 Å². The van der Waals surface area contributed by atoms with Crippen molar-refractivity contribution in [2.75, 3.05) is 6.61 Å². The first-order chi connectivity index (χ1) is 7.12. The Bertz CT molecular complexity index is 298. The van der Waals surface area contributed by atoms with Crippen molar-refractivity contribution in [2.45, 2.75) is 38.9 Å². The van der Waals surface area contributed by atoms with Crippen LogP contribution in [0.15, 0.2) is 24.3 Å². The minimum Gasteiger partial charge on any atom is -0.478 e. The molecule has 0 aliphatic carbocycles. The highest BCUT2D eigenvalue weighted by atomic mass is 28.4. The molecule has 0 unspecified atom stereocenters. The van der Waals surface area contributed by atoms with Crippen LogP contribution in [0.1, 0.15) is 20.8 Å². The lowest BCUT2D eigenvalue weighted by Gasteiger charge is -2.36. The normalized spacial score (nSPS) is 13.7. The molecule has 0 radical (unpaired) electrons. The van der Waals surface area contributed by atoms with Gasteiger partial charge >= 0.3 is 5.97 Å². The van der Waals surface area contributed by atoms with E-state index >= 15 is 0 Å². The Morgan fingerprint density at radius 1 is 1.44 bits per heavy atom. The molecule has 92 valence electrons. The van der Waals surface area contributed by atoms with E-state index in [1.807, 2.05) is 0 Å². The fraction of sp³-hybridized carbons (Fsp3) is 0.583. The maximum Gasteiger partial charge on any atom is 0.333 e. The lowest BCUT2D eigenvalue weighted by molar-refractivity contribution is -0.133. The maximum absolute atomic E-state index is 10.9. The summed E-state index contributed by atoms with van der Waals surface area (Å²) in [6.07, 6.45) is 2.95. The molecule has 0 amide bonds. The molecular formula is C12H22O3Si. The SMILES string of the molecule is C=C/C=C(\CO[Si](C)(C)C(C)(C)C)C(=O)O. The molecule has 0 aromatic carbocycles. The van der Waals surface area contributed by atoms with Crippen LogP contribution in [0, 0.1) is 0 Å². The molecule has 0 rings (SSSR count). The first-order valence-corrected chi connectivity index (χ1v) is 8.21. The zero-order valence-corrected chi connectivity index (χ0v) is 11.8. The number of carbonyl (C=O) groups is 1. The third-order valence-electron chi connectivity index (χ3n) is 2.99. The third kappa shape index (κ3) is 4.33. The molecule has 4 heteroatoms. The predicted molar refractivity (Wildman–Crippen MR) is 69.1 cm³/mol. The molecule has 0 aliphatic rings. The van der Waals surface area contributed by atoms with Gasteiger partial charge in [-0.3, -0.25) is 0 Å². The minimum atomic E-state index is -1.88. The summed E-state index contributed by atoms with van der Waals surface area (Å²) in [6.45, 7) is 14.2. The minimum absolute atomic E-state index is 0.0881. The molecule has 0 bridgehead atoms. The molecule has 0 fully saturated rings. The van der Waals surface area contributed by atoms with Gasteiger partial charge in [-0.25, -0.2) is 4.79 Å². The molecule has 1 N–H and O–H groups in total. The van der Waals surface area contributed by atoms with Gasteiger partial charge in [-0.2, -0.15) is 0 Å². The fourth-order valence-electron chi connectivity index (χ4n) is 0.798. The molecule has 0 heterocycles. The molecular weight excluding hydrogens is 220 g/mol. The first-order valence-electron chi connectivity index (χ1n) is 5.30. The zero-order chi connectivity index (χ0) is 13.0. The number of hydrogen-bond acceptors (Lipinski definition) is 2. The van der Waals surface area contributed by atoms with Crippen molar-refractivity contribution in [3.8, 4) is 0 Å². The number of hydrogen-bond donors (Lipinski definition) is 1. The molecule has 3 nitrogen and oxygen atoms in total. The van der Waals surface area contributed by atoms with Crippen LogP contribution >= 0.6 is 0 Å². The van der Waals surface area contributed by atoms with Crippen molar-refractivity contribution in [3.63, 3.8) is 0 Å². The summed E-state index contributed by atoms with van der Waals surface area (Å²) in [4.78, 5) is 10.9. The van der Waals surface area contributed by atoms with Crippen LogP contribution in [0.2, 0.25) is 18.1 Å². The average molecular weight is 242 g/mol. The zero-order valence-electron chi connectivity index (χ0n) is 10.8. The summed E-state index contributed by atoms with van der Waals surface area (Å²) >= 11 is 0. The van der Waals surface area contributed by atoms with Crippen molar-refractivity contribution in [2.24, 2.45) is 0 Å². The molecule has 16 heavy (non-hydrogen) atoms. The Kier molecular flexibility index (Phi) is 5.16. The van der Waals surface area contributed by atoms with Crippen molar-refractivity contribution < 1.29 is 14.3 Å². The monoisotopic (exact) mass is 242 g/mol. The Labute approximate surface area is 98.9 Å². The number of rotatable bonds is 5. The second-order valence-electron chi connectivity index (χ2n) is 5.28. The summed E-state index contributed by atoms with van der Waals surface area (Å²) in [5.74, 6) is -0.946. The van der Waals surface area contributed by atoms with Crippen LogP contribution in [0.4, 0.5) is 0 Å². The fourth-order valence-corrected chi connectivity index (χ4v) is 1.75. The van der Waals surface area contributed by atoms with Crippen molar-refractivity contribution in [3.05, 3.63) is 24.3 Å². The van der Waals surface area contributed by atoms with Gasteiger partial charge in [-0.15, -0.1) is 0 Å². The van der Waals surface area contributed by atoms with E-state index in [2.05, 4.69) is 40.4 Å². The quantitative estimate of drug-likeness (QED) is 0.457. The van der Waals surface area contributed by atoms with Gasteiger partial charge in [-0.1, -0.05) is 39.5 Å². The summed E-state index contributed by atoms with van der Waals surface area (Å²) in [7, 11) is -1.88. The van der Waals surface area contributed by atoms with Gasteiger partial charge in [0, 0.05) is 0 Å². The molecule has 0 aliphatic heterocycles. The van der Waals surface area contributed by atoms with Crippen LogP contribution in [-0.2, 0) is 9.22 Å².